The molecule has 0 amide bonds. The third-order valence-electron chi connectivity index (χ3n) is 2.70. The van der Waals surface area contributed by atoms with Gasteiger partial charge in [-0.2, -0.15) is 0 Å². The molecule has 2 nitrogen and oxygen atoms in total. The van der Waals surface area contributed by atoms with Crippen LogP contribution >= 0.6 is 0 Å². The highest BCUT2D eigenvalue weighted by atomic mass is 28.4. The third kappa shape index (κ3) is 1.15. The van der Waals surface area contributed by atoms with Crippen LogP contribution in [0.15, 0.2) is 18.2 Å². The van der Waals surface area contributed by atoms with Gasteiger partial charge < -0.3 is 8.99 Å². The molecule has 0 radical (unpaired) electrons. The maximum Gasteiger partial charge on any atom is 0.354 e. The second-order valence-electron chi connectivity index (χ2n) is 4.03. The Morgan fingerprint density at radius 2 is 2.00 bits per heavy atom. The van der Waals surface area contributed by atoms with Gasteiger partial charge in [-0.15, -0.1) is 0 Å². The smallest absolute Gasteiger partial charge is 0.354 e. The average molecular weight is 193 g/mol. The van der Waals surface area contributed by atoms with Crippen molar-refractivity contribution in [3.8, 4) is 5.75 Å². The Labute approximate surface area is 80.3 Å². The van der Waals surface area contributed by atoms with Gasteiger partial charge in [-0.05, 0) is 31.6 Å². The molecule has 0 N–H and O–H groups in total. The van der Waals surface area contributed by atoms with E-state index in [1.165, 1.54) is 11.3 Å². The standard InChI is InChI=1S/C10H15NOSi/c1-8-6-5-7-9-10(8)11(2)13(3,4)12-9/h5-7H,1-4H3. The van der Waals surface area contributed by atoms with Crippen molar-refractivity contribution in [1.82, 2.24) is 0 Å². The maximum absolute atomic E-state index is 5.95. The number of fused-ring (bicyclic) bond motifs is 1. The fourth-order valence-electron chi connectivity index (χ4n) is 1.75. The van der Waals surface area contributed by atoms with Crippen LogP contribution in [0.3, 0.4) is 0 Å². The zero-order valence-electron chi connectivity index (χ0n) is 8.59. The van der Waals surface area contributed by atoms with Crippen molar-refractivity contribution in [3.63, 3.8) is 0 Å². The summed E-state index contributed by atoms with van der Waals surface area (Å²) in [6, 6.07) is 6.24. The largest absolute Gasteiger partial charge is 0.524 e. The second-order valence-corrected chi connectivity index (χ2v) is 7.80. The topological polar surface area (TPSA) is 12.5 Å². The van der Waals surface area contributed by atoms with Crippen molar-refractivity contribution in [3.05, 3.63) is 23.8 Å². The Hall–Kier alpha value is -0.963. The molecule has 0 saturated heterocycles. The molecule has 0 aliphatic carbocycles. The number of anilines is 1. The van der Waals surface area contributed by atoms with Crippen molar-refractivity contribution in [1.29, 1.82) is 0 Å². The molecule has 2 rings (SSSR count). The fourth-order valence-corrected chi connectivity index (χ4v) is 3.42. The highest BCUT2D eigenvalue weighted by molar-refractivity contribution is 6.77. The molecule has 1 aliphatic rings. The molecule has 1 aliphatic heterocycles. The Morgan fingerprint density at radius 3 is 2.62 bits per heavy atom. The van der Waals surface area contributed by atoms with E-state index in [9.17, 15) is 0 Å². The van der Waals surface area contributed by atoms with Gasteiger partial charge in [-0.1, -0.05) is 12.1 Å². The molecule has 0 aromatic heterocycles. The van der Waals surface area contributed by atoms with Gasteiger partial charge in [0, 0.05) is 7.05 Å². The highest BCUT2D eigenvalue weighted by Gasteiger charge is 2.39. The van der Waals surface area contributed by atoms with Gasteiger partial charge in [-0.3, -0.25) is 0 Å². The van der Waals surface area contributed by atoms with Gasteiger partial charge >= 0.3 is 8.48 Å². The van der Waals surface area contributed by atoms with E-state index >= 15 is 0 Å². The summed E-state index contributed by atoms with van der Waals surface area (Å²) in [7, 11) is 0.484. The quantitative estimate of drug-likeness (QED) is 0.587. The summed E-state index contributed by atoms with van der Waals surface area (Å²) < 4.78 is 8.27. The van der Waals surface area contributed by atoms with E-state index in [2.05, 4.69) is 49.8 Å². The van der Waals surface area contributed by atoms with Crippen molar-refractivity contribution in [2.45, 2.75) is 20.0 Å². The molecule has 1 heterocycles. The summed E-state index contributed by atoms with van der Waals surface area (Å²) in [6.07, 6.45) is 0. The molecule has 1 aromatic rings. The molecule has 0 atom stereocenters. The second kappa shape index (κ2) is 2.51. The molecule has 0 saturated carbocycles. The van der Waals surface area contributed by atoms with E-state index in [0.29, 0.717) is 0 Å². The van der Waals surface area contributed by atoms with Crippen molar-refractivity contribution in [2.75, 3.05) is 11.6 Å². The predicted octanol–water partition coefficient (Wildman–Crippen LogP) is 2.53. The van der Waals surface area contributed by atoms with Gasteiger partial charge in [-0.25, -0.2) is 0 Å². The van der Waals surface area contributed by atoms with E-state index in [0.717, 1.165) is 5.75 Å². The van der Waals surface area contributed by atoms with E-state index in [1.54, 1.807) is 0 Å². The molecular weight excluding hydrogens is 178 g/mol. The molecular formula is C10H15NOSi. The molecule has 0 fully saturated rings. The Morgan fingerprint density at radius 1 is 1.31 bits per heavy atom. The van der Waals surface area contributed by atoms with Gasteiger partial charge in [0.15, 0.2) is 0 Å². The van der Waals surface area contributed by atoms with E-state index in [-0.39, 0.29) is 0 Å². The normalized spacial score (nSPS) is 18.3. The van der Waals surface area contributed by atoms with Crippen molar-refractivity contribution < 1.29 is 4.43 Å². The maximum atomic E-state index is 5.95. The summed E-state index contributed by atoms with van der Waals surface area (Å²) >= 11 is 0. The van der Waals surface area contributed by atoms with Crippen molar-refractivity contribution in [2.24, 2.45) is 0 Å². The van der Waals surface area contributed by atoms with Gasteiger partial charge in [0.05, 0.1) is 5.69 Å². The molecule has 70 valence electrons. The first-order chi connectivity index (χ1) is 6.02. The molecule has 0 spiro atoms. The van der Waals surface area contributed by atoms with E-state index in [1.807, 2.05) is 0 Å². The minimum absolute atomic E-state index is 1.05. The summed E-state index contributed by atoms with van der Waals surface area (Å²) in [5.41, 5.74) is 2.58. The summed E-state index contributed by atoms with van der Waals surface area (Å²) in [6.45, 7) is 6.56. The van der Waals surface area contributed by atoms with Gasteiger partial charge in [0.2, 0.25) is 0 Å². The lowest BCUT2D eigenvalue weighted by atomic mass is 10.2. The lowest BCUT2D eigenvalue weighted by molar-refractivity contribution is 0.573. The summed E-state index contributed by atoms with van der Waals surface area (Å²) in [5, 5.41) is 0. The minimum Gasteiger partial charge on any atom is -0.524 e. The minimum atomic E-state index is -1.65. The van der Waals surface area contributed by atoms with Crippen LogP contribution in [0.5, 0.6) is 5.75 Å². The van der Waals surface area contributed by atoms with E-state index < -0.39 is 8.48 Å². The Balaban J connectivity index is 2.57. The Kier molecular flexibility index (Phi) is 1.67. The molecule has 13 heavy (non-hydrogen) atoms. The molecule has 1 aromatic carbocycles. The first-order valence-corrected chi connectivity index (χ1v) is 7.40. The van der Waals surface area contributed by atoms with Crippen LogP contribution < -0.4 is 8.99 Å². The van der Waals surface area contributed by atoms with Crippen LogP contribution in [0.25, 0.3) is 0 Å². The number of hydrogen-bond donors (Lipinski definition) is 0. The molecule has 3 heteroatoms. The van der Waals surface area contributed by atoms with Gasteiger partial charge in [0.25, 0.3) is 0 Å². The summed E-state index contributed by atoms with van der Waals surface area (Å²) in [4.78, 5) is 0. The van der Waals surface area contributed by atoms with E-state index in [4.69, 9.17) is 4.43 Å². The number of hydrogen-bond acceptors (Lipinski definition) is 2. The SMILES string of the molecule is Cc1cccc2c1N(C)[Si](C)(C)O2. The van der Waals surface area contributed by atoms with Crippen LogP contribution in [-0.2, 0) is 0 Å². The van der Waals surface area contributed by atoms with Crippen molar-refractivity contribution >= 4 is 14.2 Å². The van der Waals surface area contributed by atoms with Crippen LogP contribution in [-0.4, -0.2) is 15.5 Å². The van der Waals surface area contributed by atoms with Gasteiger partial charge in [0.1, 0.15) is 5.75 Å². The van der Waals surface area contributed by atoms with Crippen LogP contribution in [0.1, 0.15) is 5.56 Å². The van der Waals surface area contributed by atoms with Crippen LogP contribution in [0.2, 0.25) is 13.1 Å². The third-order valence-corrected chi connectivity index (χ3v) is 5.26. The number of benzene rings is 1. The number of nitrogens with zero attached hydrogens (tertiary/aromatic N) is 1. The fraction of sp³-hybridized carbons (Fsp3) is 0.400. The lowest BCUT2D eigenvalue weighted by Gasteiger charge is -2.25. The van der Waals surface area contributed by atoms with Crippen LogP contribution in [0, 0.1) is 6.92 Å². The zero-order chi connectivity index (χ0) is 9.64. The molecule has 0 bridgehead atoms. The zero-order valence-corrected chi connectivity index (χ0v) is 9.59. The summed E-state index contributed by atoms with van der Waals surface area (Å²) in [5.74, 6) is 1.05. The lowest BCUT2D eigenvalue weighted by Crippen LogP contribution is -2.47. The number of para-hydroxylation sites is 1. The monoisotopic (exact) mass is 193 g/mol. The first kappa shape index (κ1) is 8.63. The first-order valence-electron chi connectivity index (χ1n) is 4.55. The number of aryl methyl sites for hydroxylation is 1. The molecule has 0 unspecified atom stereocenters. The predicted molar refractivity (Wildman–Crippen MR) is 57.7 cm³/mol. The van der Waals surface area contributed by atoms with Crippen LogP contribution in [0.4, 0.5) is 5.69 Å². The average Bonchev–Trinajstić information content (AvgIpc) is 2.24. The number of rotatable bonds is 0. The highest BCUT2D eigenvalue weighted by Crippen LogP contribution is 2.40. The Bertz CT molecular complexity index is 349.